The summed E-state index contributed by atoms with van der Waals surface area (Å²) in [6.45, 7) is 6.80. The molecule has 0 radical (unpaired) electrons. The van der Waals surface area contributed by atoms with Crippen molar-refractivity contribution in [1.29, 1.82) is 0 Å². The van der Waals surface area contributed by atoms with Crippen LogP contribution >= 0.6 is 11.3 Å². The molecule has 0 aromatic carbocycles. The van der Waals surface area contributed by atoms with Gasteiger partial charge >= 0.3 is 0 Å². The Kier molecular flexibility index (Phi) is 3.28. The zero-order chi connectivity index (χ0) is 13.5. The molecular formula is C15H21N3OS. The first-order chi connectivity index (χ1) is 9.79. The highest BCUT2D eigenvalue weighted by molar-refractivity contribution is 7.10. The molecule has 5 heteroatoms. The predicted octanol–water partition coefficient (Wildman–Crippen LogP) is 0.784. The number of hydrogen-bond donors (Lipinski definition) is 1. The number of hydrogen-bond acceptors (Lipinski definition) is 4. The SMILES string of the molecule is O=C(CN1CC2CNCC2C1)N1CCc2sccc2C1. The van der Waals surface area contributed by atoms with Crippen molar-refractivity contribution in [2.45, 2.75) is 13.0 Å². The van der Waals surface area contributed by atoms with E-state index in [1.54, 1.807) is 0 Å². The molecule has 0 saturated carbocycles. The highest BCUT2D eigenvalue weighted by Crippen LogP contribution is 2.27. The van der Waals surface area contributed by atoms with E-state index in [0.29, 0.717) is 12.5 Å². The summed E-state index contributed by atoms with van der Waals surface area (Å²) in [6, 6.07) is 2.17. The molecule has 3 aliphatic heterocycles. The zero-order valence-electron chi connectivity index (χ0n) is 11.7. The van der Waals surface area contributed by atoms with E-state index >= 15 is 0 Å². The van der Waals surface area contributed by atoms with E-state index < -0.39 is 0 Å². The molecular weight excluding hydrogens is 270 g/mol. The van der Waals surface area contributed by atoms with Crippen molar-refractivity contribution in [2.75, 3.05) is 39.3 Å². The van der Waals surface area contributed by atoms with Gasteiger partial charge in [0, 0.05) is 31.1 Å². The normalized spacial score (nSPS) is 29.5. The minimum atomic E-state index is 0.315. The van der Waals surface area contributed by atoms with Crippen LogP contribution in [0.3, 0.4) is 0 Å². The van der Waals surface area contributed by atoms with Gasteiger partial charge in [-0.25, -0.2) is 0 Å². The first-order valence-corrected chi connectivity index (χ1v) is 8.43. The molecule has 2 saturated heterocycles. The van der Waals surface area contributed by atoms with E-state index in [1.807, 2.05) is 16.2 Å². The van der Waals surface area contributed by atoms with Crippen LogP contribution in [0.1, 0.15) is 10.4 Å². The maximum atomic E-state index is 12.5. The number of likely N-dealkylation sites (tertiary alicyclic amines) is 1. The van der Waals surface area contributed by atoms with E-state index in [1.165, 1.54) is 10.4 Å². The number of carbonyl (C=O) groups excluding carboxylic acids is 1. The Bertz CT molecular complexity index is 503. The Morgan fingerprint density at radius 2 is 2.15 bits per heavy atom. The van der Waals surface area contributed by atoms with Crippen LogP contribution in [-0.2, 0) is 17.8 Å². The number of thiophene rings is 1. The van der Waals surface area contributed by atoms with Gasteiger partial charge in [-0.3, -0.25) is 9.69 Å². The summed E-state index contributed by atoms with van der Waals surface area (Å²) in [5, 5.41) is 5.59. The summed E-state index contributed by atoms with van der Waals surface area (Å²) < 4.78 is 0. The standard InChI is InChI=1S/C15H21N3OS/c19-15(10-17-7-12-5-16-6-13(12)8-17)18-3-1-14-11(9-18)2-4-20-14/h2,4,12-13,16H,1,3,5-10H2. The van der Waals surface area contributed by atoms with Crippen molar-refractivity contribution in [1.82, 2.24) is 15.1 Å². The van der Waals surface area contributed by atoms with Crippen LogP contribution < -0.4 is 5.32 Å². The molecule has 2 unspecified atom stereocenters. The molecule has 4 nitrogen and oxygen atoms in total. The third-order valence-electron chi connectivity index (χ3n) is 4.98. The summed E-state index contributed by atoms with van der Waals surface area (Å²) in [5.41, 5.74) is 1.36. The van der Waals surface area contributed by atoms with Gasteiger partial charge in [-0.05, 0) is 48.4 Å². The molecule has 4 heterocycles. The second-order valence-corrected chi connectivity index (χ2v) is 7.31. The second kappa shape index (κ2) is 5.13. The van der Waals surface area contributed by atoms with E-state index in [0.717, 1.165) is 57.5 Å². The van der Waals surface area contributed by atoms with Crippen LogP contribution in [0.4, 0.5) is 0 Å². The maximum absolute atomic E-state index is 12.5. The average molecular weight is 291 g/mol. The van der Waals surface area contributed by atoms with Crippen molar-refractivity contribution >= 4 is 17.2 Å². The molecule has 1 amide bonds. The monoisotopic (exact) mass is 291 g/mol. The molecule has 1 aromatic rings. The molecule has 20 heavy (non-hydrogen) atoms. The Morgan fingerprint density at radius 1 is 1.35 bits per heavy atom. The van der Waals surface area contributed by atoms with Crippen LogP contribution in [0.5, 0.6) is 0 Å². The molecule has 2 fully saturated rings. The molecule has 2 atom stereocenters. The number of rotatable bonds is 2. The fourth-order valence-corrected chi connectivity index (χ4v) is 4.72. The van der Waals surface area contributed by atoms with Gasteiger partial charge in [0.2, 0.25) is 5.91 Å². The molecule has 3 aliphatic rings. The van der Waals surface area contributed by atoms with Crippen molar-refractivity contribution in [2.24, 2.45) is 11.8 Å². The largest absolute Gasteiger partial charge is 0.337 e. The number of nitrogens with one attached hydrogen (secondary N) is 1. The van der Waals surface area contributed by atoms with Gasteiger partial charge in [0.05, 0.1) is 6.54 Å². The lowest BCUT2D eigenvalue weighted by Gasteiger charge is -2.29. The third-order valence-corrected chi connectivity index (χ3v) is 6.01. The lowest BCUT2D eigenvalue weighted by molar-refractivity contribution is -0.133. The van der Waals surface area contributed by atoms with E-state index in [4.69, 9.17) is 0 Å². The molecule has 1 aromatic heterocycles. The Morgan fingerprint density at radius 3 is 2.95 bits per heavy atom. The van der Waals surface area contributed by atoms with Crippen molar-refractivity contribution in [3.8, 4) is 0 Å². The second-order valence-electron chi connectivity index (χ2n) is 6.31. The Balaban J connectivity index is 1.35. The number of nitrogens with zero attached hydrogens (tertiary/aromatic N) is 2. The van der Waals surface area contributed by atoms with E-state index in [-0.39, 0.29) is 0 Å². The molecule has 1 N–H and O–H groups in total. The third kappa shape index (κ3) is 2.28. The van der Waals surface area contributed by atoms with Gasteiger partial charge in [-0.2, -0.15) is 0 Å². The van der Waals surface area contributed by atoms with Gasteiger partial charge in [-0.1, -0.05) is 0 Å². The van der Waals surface area contributed by atoms with E-state index in [9.17, 15) is 4.79 Å². The van der Waals surface area contributed by atoms with E-state index in [2.05, 4.69) is 21.7 Å². The smallest absolute Gasteiger partial charge is 0.237 e. The Hall–Kier alpha value is -0.910. The molecule has 4 rings (SSSR count). The van der Waals surface area contributed by atoms with Gasteiger partial charge in [0.15, 0.2) is 0 Å². The minimum absolute atomic E-state index is 0.315. The van der Waals surface area contributed by atoms with Gasteiger partial charge in [0.1, 0.15) is 0 Å². The average Bonchev–Trinajstić information content (AvgIpc) is 3.11. The van der Waals surface area contributed by atoms with Crippen molar-refractivity contribution in [3.05, 3.63) is 21.9 Å². The number of carbonyl (C=O) groups is 1. The highest BCUT2D eigenvalue weighted by atomic mass is 32.1. The van der Waals surface area contributed by atoms with Gasteiger partial charge in [-0.15, -0.1) is 11.3 Å². The summed E-state index contributed by atoms with van der Waals surface area (Å²) in [6.07, 6.45) is 1.04. The summed E-state index contributed by atoms with van der Waals surface area (Å²) >= 11 is 1.83. The van der Waals surface area contributed by atoms with Crippen LogP contribution in [0.15, 0.2) is 11.4 Å². The highest BCUT2D eigenvalue weighted by Gasteiger charge is 2.37. The van der Waals surface area contributed by atoms with Crippen LogP contribution in [0.25, 0.3) is 0 Å². The summed E-state index contributed by atoms with van der Waals surface area (Å²) in [7, 11) is 0. The van der Waals surface area contributed by atoms with Crippen molar-refractivity contribution < 1.29 is 4.79 Å². The van der Waals surface area contributed by atoms with Crippen LogP contribution in [0, 0.1) is 11.8 Å². The quantitative estimate of drug-likeness (QED) is 0.875. The molecule has 0 spiro atoms. The Labute approximate surface area is 123 Å². The van der Waals surface area contributed by atoms with Gasteiger partial charge < -0.3 is 10.2 Å². The first kappa shape index (κ1) is 12.8. The minimum Gasteiger partial charge on any atom is -0.337 e. The lowest BCUT2D eigenvalue weighted by Crippen LogP contribution is -2.42. The fourth-order valence-electron chi connectivity index (χ4n) is 3.83. The van der Waals surface area contributed by atoms with Crippen LogP contribution in [0.2, 0.25) is 0 Å². The predicted molar refractivity (Wildman–Crippen MR) is 79.7 cm³/mol. The zero-order valence-corrected chi connectivity index (χ0v) is 12.5. The number of fused-ring (bicyclic) bond motifs is 2. The lowest BCUT2D eigenvalue weighted by atomic mass is 10.0. The summed E-state index contributed by atoms with van der Waals surface area (Å²) in [4.78, 5) is 18.4. The van der Waals surface area contributed by atoms with Crippen molar-refractivity contribution in [3.63, 3.8) is 0 Å². The first-order valence-electron chi connectivity index (χ1n) is 7.55. The number of amides is 1. The molecule has 108 valence electrons. The summed E-state index contributed by atoms with van der Waals surface area (Å²) in [5.74, 6) is 1.86. The maximum Gasteiger partial charge on any atom is 0.237 e. The topological polar surface area (TPSA) is 35.6 Å². The molecule has 0 aliphatic carbocycles. The van der Waals surface area contributed by atoms with Gasteiger partial charge in [0.25, 0.3) is 0 Å². The fraction of sp³-hybridized carbons (Fsp3) is 0.667. The van der Waals surface area contributed by atoms with Crippen LogP contribution in [-0.4, -0.2) is 55.0 Å². The molecule has 0 bridgehead atoms.